The maximum absolute atomic E-state index is 13.7. The highest BCUT2D eigenvalue weighted by atomic mass is 35.5. The minimum Gasteiger partial charge on any atom is -0.415 e. The third-order valence-electron chi connectivity index (χ3n) is 3.82. The van der Waals surface area contributed by atoms with E-state index in [4.69, 9.17) is 21.1 Å². The molecule has 1 heterocycles. The molecule has 134 valence electrons. The number of esters is 2. The van der Waals surface area contributed by atoms with Crippen molar-refractivity contribution in [3.05, 3.63) is 75.7 Å². The summed E-state index contributed by atoms with van der Waals surface area (Å²) in [4.78, 5) is 24.0. The first-order valence-electron chi connectivity index (χ1n) is 7.77. The second kappa shape index (κ2) is 7.17. The Kier molecular flexibility index (Phi) is 4.95. The van der Waals surface area contributed by atoms with Crippen molar-refractivity contribution in [1.82, 2.24) is 0 Å². The summed E-state index contributed by atoms with van der Waals surface area (Å²) in [5.74, 6) is -2.53. The van der Waals surface area contributed by atoms with Gasteiger partial charge in [-0.05, 0) is 37.6 Å². The number of ether oxygens (including phenoxy) is 2. The van der Waals surface area contributed by atoms with Crippen molar-refractivity contribution in [1.29, 1.82) is 0 Å². The molecule has 5 nitrogen and oxygen atoms in total. The maximum atomic E-state index is 13.7. The Morgan fingerprint density at radius 1 is 1.23 bits per heavy atom. The van der Waals surface area contributed by atoms with Crippen molar-refractivity contribution in [2.75, 3.05) is 5.32 Å². The number of hydrogen-bond acceptors (Lipinski definition) is 5. The molecule has 0 radical (unpaired) electrons. The van der Waals surface area contributed by atoms with Crippen LogP contribution in [0.4, 0.5) is 10.1 Å². The van der Waals surface area contributed by atoms with Crippen LogP contribution in [-0.2, 0) is 14.3 Å². The standard InChI is InChI=1S/C19H15ClFNO4/c1-10-7-8-14(11(2)9-10)22-16-15(20)18(24)26-19(16)25-17(23)12-5-3-4-6-13(12)21/h3-9,19,22H,1-2H3/t19-/m1/s1. The average Bonchev–Trinajstić information content (AvgIpc) is 2.85. The lowest BCUT2D eigenvalue weighted by Gasteiger charge is -2.17. The molecule has 0 bridgehead atoms. The van der Waals surface area contributed by atoms with Crippen LogP contribution in [0.1, 0.15) is 21.5 Å². The van der Waals surface area contributed by atoms with E-state index in [1.165, 1.54) is 18.2 Å². The molecule has 0 aromatic heterocycles. The van der Waals surface area contributed by atoms with Crippen molar-refractivity contribution in [2.24, 2.45) is 0 Å². The SMILES string of the molecule is Cc1ccc(NC2=C(Cl)C(=O)O[C@H]2OC(=O)c2ccccc2F)c(C)c1. The lowest BCUT2D eigenvalue weighted by molar-refractivity contribution is -0.152. The molecule has 3 rings (SSSR count). The zero-order chi connectivity index (χ0) is 18.8. The van der Waals surface area contributed by atoms with Gasteiger partial charge in [-0.3, -0.25) is 0 Å². The Morgan fingerprint density at radius 3 is 2.65 bits per heavy atom. The number of anilines is 1. The van der Waals surface area contributed by atoms with Gasteiger partial charge in [-0.2, -0.15) is 0 Å². The third-order valence-corrected chi connectivity index (χ3v) is 4.18. The molecule has 0 unspecified atom stereocenters. The van der Waals surface area contributed by atoms with Gasteiger partial charge in [0.15, 0.2) is 5.03 Å². The van der Waals surface area contributed by atoms with E-state index in [1.807, 2.05) is 26.0 Å². The number of rotatable bonds is 4. The van der Waals surface area contributed by atoms with Gasteiger partial charge in [-0.1, -0.05) is 41.4 Å². The fourth-order valence-corrected chi connectivity index (χ4v) is 2.69. The molecule has 0 saturated heterocycles. The highest BCUT2D eigenvalue weighted by molar-refractivity contribution is 6.42. The Morgan fingerprint density at radius 2 is 1.96 bits per heavy atom. The van der Waals surface area contributed by atoms with Crippen molar-refractivity contribution in [3.63, 3.8) is 0 Å². The lowest BCUT2D eigenvalue weighted by Crippen LogP contribution is -2.24. The second-order valence-corrected chi connectivity index (χ2v) is 6.17. The third kappa shape index (κ3) is 3.55. The Bertz CT molecular complexity index is 926. The van der Waals surface area contributed by atoms with Gasteiger partial charge < -0.3 is 14.8 Å². The topological polar surface area (TPSA) is 64.6 Å². The van der Waals surface area contributed by atoms with Crippen LogP contribution in [0.15, 0.2) is 53.2 Å². The molecule has 1 N–H and O–H groups in total. The monoisotopic (exact) mass is 375 g/mol. The number of hydrogen-bond donors (Lipinski definition) is 1. The summed E-state index contributed by atoms with van der Waals surface area (Å²) >= 11 is 5.99. The molecule has 0 saturated carbocycles. The molecule has 1 atom stereocenters. The minimum atomic E-state index is -1.39. The number of cyclic esters (lactones) is 1. The highest BCUT2D eigenvalue weighted by Crippen LogP contribution is 2.30. The molecule has 0 fully saturated rings. The van der Waals surface area contributed by atoms with Crippen LogP contribution in [-0.4, -0.2) is 18.2 Å². The van der Waals surface area contributed by atoms with Gasteiger partial charge in [0, 0.05) is 5.69 Å². The van der Waals surface area contributed by atoms with Gasteiger partial charge in [0.25, 0.3) is 6.29 Å². The van der Waals surface area contributed by atoms with Gasteiger partial charge in [-0.15, -0.1) is 0 Å². The van der Waals surface area contributed by atoms with Crippen LogP contribution in [0.25, 0.3) is 0 Å². The van der Waals surface area contributed by atoms with Crippen LogP contribution in [0.2, 0.25) is 0 Å². The van der Waals surface area contributed by atoms with E-state index in [0.717, 1.165) is 17.2 Å². The van der Waals surface area contributed by atoms with E-state index in [-0.39, 0.29) is 16.3 Å². The quantitative estimate of drug-likeness (QED) is 0.817. The highest BCUT2D eigenvalue weighted by Gasteiger charge is 2.37. The van der Waals surface area contributed by atoms with Gasteiger partial charge in [0.1, 0.15) is 11.5 Å². The van der Waals surface area contributed by atoms with Crippen LogP contribution in [0, 0.1) is 19.7 Å². The Labute approximate surface area is 154 Å². The molecule has 0 spiro atoms. The molecular weight excluding hydrogens is 361 g/mol. The zero-order valence-corrected chi connectivity index (χ0v) is 14.8. The molecule has 26 heavy (non-hydrogen) atoms. The molecule has 0 aliphatic carbocycles. The molecular formula is C19H15ClFNO4. The molecule has 1 aliphatic rings. The van der Waals surface area contributed by atoms with E-state index in [1.54, 1.807) is 6.07 Å². The lowest BCUT2D eigenvalue weighted by atomic mass is 10.1. The minimum absolute atomic E-state index is 0.0910. The number of halogens is 2. The summed E-state index contributed by atoms with van der Waals surface area (Å²) in [5, 5.41) is 2.74. The normalized spacial score (nSPS) is 16.5. The number of carbonyl (C=O) groups is 2. The predicted octanol–water partition coefficient (Wildman–Crippen LogP) is 4.04. The summed E-state index contributed by atoms with van der Waals surface area (Å²) in [7, 11) is 0. The second-order valence-electron chi connectivity index (χ2n) is 5.79. The summed E-state index contributed by atoms with van der Waals surface area (Å²) in [6, 6.07) is 11.0. The Balaban J connectivity index is 1.84. The molecule has 7 heteroatoms. The van der Waals surface area contributed by atoms with Crippen molar-refractivity contribution < 1.29 is 23.5 Å². The number of nitrogens with one attached hydrogen (secondary N) is 1. The van der Waals surface area contributed by atoms with E-state index < -0.39 is 24.0 Å². The number of carbonyl (C=O) groups excluding carboxylic acids is 2. The first-order valence-corrected chi connectivity index (χ1v) is 8.15. The van der Waals surface area contributed by atoms with Crippen LogP contribution in [0.3, 0.4) is 0 Å². The largest absolute Gasteiger partial charge is 0.415 e. The predicted molar refractivity (Wildman–Crippen MR) is 94.1 cm³/mol. The van der Waals surface area contributed by atoms with E-state index in [2.05, 4.69) is 5.32 Å². The zero-order valence-electron chi connectivity index (χ0n) is 14.0. The maximum Gasteiger partial charge on any atom is 0.355 e. The van der Waals surface area contributed by atoms with Gasteiger partial charge in [-0.25, -0.2) is 14.0 Å². The number of benzene rings is 2. The molecule has 1 aliphatic heterocycles. The van der Waals surface area contributed by atoms with Gasteiger partial charge >= 0.3 is 11.9 Å². The summed E-state index contributed by atoms with van der Waals surface area (Å²) in [5.41, 5.74) is 2.47. The van der Waals surface area contributed by atoms with Crippen molar-refractivity contribution in [2.45, 2.75) is 20.1 Å². The molecule has 2 aromatic rings. The van der Waals surface area contributed by atoms with Gasteiger partial charge in [0.05, 0.1) is 5.56 Å². The fourth-order valence-electron chi connectivity index (χ4n) is 2.50. The van der Waals surface area contributed by atoms with E-state index in [0.29, 0.717) is 5.69 Å². The first-order chi connectivity index (χ1) is 12.4. The fraction of sp³-hybridized carbons (Fsp3) is 0.158. The van der Waals surface area contributed by atoms with E-state index >= 15 is 0 Å². The van der Waals surface area contributed by atoms with Crippen LogP contribution < -0.4 is 5.32 Å². The van der Waals surface area contributed by atoms with E-state index in [9.17, 15) is 14.0 Å². The smallest absolute Gasteiger partial charge is 0.355 e. The van der Waals surface area contributed by atoms with Crippen LogP contribution >= 0.6 is 11.6 Å². The molecule has 2 aromatic carbocycles. The Hall–Kier alpha value is -2.86. The van der Waals surface area contributed by atoms with Crippen molar-refractivity contribution >= 4 is 29.2 Å². The number of aryl methyl sites for hydroxylation is 2. The molecule has 0 amide bonds. The first kappa shape index (κ1) is 17.9. The summed E-state index contributed by atoms with van der Waals surface area (Å²) in [6.07, 6.45) is -1.39. The van der Waals surface area contributed by atoms with Gasteiger partial charge in [0.2, 0.25) is 0 Å². The van der Waals surface area contributed by atoms with Crippen LogP contribution in [0.5, 0.6) is 0 Å². The summed E-state index contributed by atoms with van der Waals surface area (Å²) < 4.78 is 23.9. The summed E-state index contributed by atoms with van der Waals surface area (Å²) in [6.45, 7) is 3.83. The van der Waals surface area contributed by atoms with Crippen molar-refractivity contribution in [3.8, 4) is 0 Å². The average molecular weight is 376 g/mol.